The minimum atomic E-state index is -1.74. The number of thioether (sulfide) groups is 1. The van der Waals surface area contributed by atoms with Crippen LogP contribution in [0.5, 0.6) is 0 Å². The van der Waals surface area contributed by atoms with Gasteiger partial charge in [-0.15, -0.1) is 0 Å². The van der Waals surface area contributed by atoms with E-state index in [9.17, 15) is 33.9 Å². The van der Waals surface area contributed by atoms with E-state index in [-0.39, 0.29) is 19.3 Å². The number of carbonyl (C=O) groups is 6. The molecule has 0 aliphatic rings. The second-order valence-electron chi connectivity index (χ2n) is 8.20. The van der Waals surface area contributed by atoms with E-state index in [0.717, 1.165) is 0 Å². The van der Waals surface area contributed by atoms with Crippen LogP contribution in [0.15, 0.2) is 30.3 Å². The van der Waals surface area contributed by atoms with Crippen LogP contribution >= 0.6 is 11.8 Å². The third-order valence-corrected chi connectivity index (χ3v) is 5.84. The fourth-order valence-electron chi connectivity index (χ4n) is 3.19. The molecular formula is C23H33N5O8S. The molecular weight excluding hydrogens is 506 g/mol. The molecule has 13 nitrogen and oxygen atoms in total. The molecule has 0 saturated carbocycles. The number of nitrogens with two attached hydrogens (primary N) is 2. The number of nitrogens with one attached hydrogen (secondary N) is 3. The predicted molar refractivity (Wildman–Crippen MR) is 135 cm³/mol. The number of aliphatic carboxylic acids is 2. The molecule has 0 radical (unpaired) electrons. The normalized spacial score (nSPS) is 13.9. The fraction of sp³-hybridized carbons (Fsp3) is 0.478. The number of primary amides is 1. The number of benzene rings is 1. The molecule has 0 aliphatic carbocycles. The Morgan fingerprint density at radius 2 is 1.43 bits per heavy atom. The second-order valence-corrected chi connectivity index (χ2v) is 9.19. The second kappa shape index (κ2) is 16.2. The Labute approximate surface area is 218 Å². The highest BCUT2D eigenvalue weighted by atomic mass is 32.2. The Kier molecular flexibility index (Phi) is 13.7. The molecule has 4 unspecified atom stereocenters. The van der Waals surface area contributed by atoms with Crippen LogP contribution in [0, 0.1) is 0 Å². The van der Waals surface area contributed by atoms with E-state index in [1.165, 1.54) is 11.8 Å². The van der Waals surface area contributed by atoms with Gasteiger partial charge in [-0.05, 0) is 30.4 Å². The minimum absolute atomic E-state index is 0.0679. The van der Waals surface area contributed by atoms with Gasteiger partial charge in [0.1, 0.15) is 18.1 Å². The summed E-state index contributed by atoms with van der Waals surface area (Å²) in [5.41, 5.74) is 11.7. The summed E-state index contributed by atoms with van der Waals surface area (Å²) in [7, 11) is 0. The number of carbonyl (C=O) groups excluding carboxylic acids is 4. The first-order chi connectivity index (χ1) is 17.4. The molecule has 0 aliphatic heterocycles. The third kappa shape index (κ3) is 12.2. The minimum Gasteiger partial charge on any atom is -0.481 e. The van der Waals surface area contributed by atoms with Gasteiger partial charge < -0.3 is 37.6 Å². The Hall–Kier alpha value is -3.65. The van der Waals surface area contributed by atoms with Crippen molar-refractivity contribution in [2.75, 3.05) is 12.0 Å². The quantitative estimate of drug-likeness (QED) is 0.122. The van der Waals surface area contributed by atoms with E-state index in [4.69, 9.17) is 16.6 Å². The number of hydrogen-bond acceptors (Lipinski definition) is 8. The molecule has 37 heavy (non-hydrogen) atoms. The lowest BCUT2D eigenvalue weighted by atomic mass is 10.0. The number of amides is 4. The first-order valence-electron chi connectivity index (χ1n) is 11.4. The van der Waals surface area contributed by atoms with Gasteiger partial charge in [0, 0.05) is 12.8 Å². The molecule has 0 bridgehead atoms. The summed E-state index contributed by atoms with van der Waals surface area (Å²) in [6.07, 6.45) is 0.833. The van der Waals surface area contributed by atoms with E-state index in [1.807, 2.05) is 6.26 Å². The third-order valence-electron chi connectivity index (χ3n) is 5.19. The number of rotatable bonds is 17. The summed E-state index contributed by atoms with van der Waals surface area (Å²) in [4.78, 5) is 72.3. The molecule has 0 spiro atoms. The van der Waals surface area contributed by atoms with Crippen molar-refractivity contribution in [1.29, 1.82) is 0 Å². The smallest absolute Gasteiger partial charge is 0.326 e. The van der Waals surface area contributed by atoms with Gasteiger partial charge >= 0.3 is 11.9 Å². The molecule has 0 heterocycles. The molecule has 0 aromatic heterocycles. The van der Waals surface area contributed by atoms with Crippen LogP contribution in [0.25, 0.3) is 0 Å². The van der Waals surface area contributed by atoms with Gasteiger partial charge in [0.05, 0.1) is 12.5 Å². The van der Waals surface area contributed by atoms with Gasteiger partial charge in [0.15, 0.2) is 0 Å². The maximum absolute atomic E-state index is 13.1. The Morgan fingerprint density at radius 1 is 0.865 bits per heavy atom. The van der Waals surface area contributed by atoms with Gasteiger partial charge in [-0.3, -0.25) is 24.0 Å². The van der Waals surface area contributed by atoms with Gasteiger partial charge in [-0.1, -0.05) is 30.3 Å². The molecule has 1 aromatic rings. The van der Waals surface area contributed by atoms with E-state index in [1.54, 1.807) is 30.3 Å². The topological polar surface area (TPSA) is 231 Å². The fourth-order valence-corrected chi connectivity index (χ4v) is 3.68. The summed E-state index contributed by atoms with van der Waals surface area (Å²) in [6, 6.07) is 3.24. The zero-order valence-corrected chi connectivity index (χ0v) is 21.2. The Bertz CT molecular complexity index is 962. The molecule has 0 saturated heterocycles. The maximum atomic E-state index is 13.1. The van der Waals surface area contributed by atoms with Crippen molar-refractivity contribution in [3.63, 3.8) is 0 Å². The van der Waals surface area contributed by atoms with Crippen LogP contribution in [0.3, 0.4) is 0 Å². The lowest BCUT2D eigenvalue weighted by molar-refractivity contribution is -0.147. The molecule has 1 rings (SSSR count). The van der Waals surface area contributed by atoms with E-state index >= 15 is 0 Å². The Balaban J connectivity index is 3.13. The van der Waals surface area contributed by atoms with Crippen LogP contribution in [0.2, 0.25) is 0 Å². The summed E-state index contributed by atoms with van der Waals surface area (Å²) in [5, 5.41) is 25.3. The highest BCUT2D eigenvalue weighted by Crippen LogP contribution is 2.07. The van der Waals surface area contributed by atoms with Gasteiger partial charge in [0.2, 0.25) is 23.6 Å². The highest BCUT2D eigenvalue weighted by molar-refractivity contribution is 7.98. The van der Waals surface area contributed by atoms with Crippen molar-refractivity contribution in [2.45, 2.75) is 56.3 Å². The van der Waals surface area contributed by atoms with Crippen LogP contribution in [-0.4, -0.2) is 82.0 Å². The average Bonchev–Trinajstić information content (AvgIpc) is 2.83. The van der Waals surface area contributed by atoms with Gasteiger partial charge in [-0.25, -0.2) is 4.79 Å². The Morgan fingerprint density at radius 3 is 1.97 bits per heavy atom. The molecule has 9 N–H and O–H groups in total. The van der Waals surface area contributed by atoms with E-state index in [0.29, 0.717) is 17.7 Å². The van der Waals surface area contributed by atoms with Crippen molar-refractivity contribution in [2.24, 2.45) is 11.5 Å². The summed E-state index contributed by atoms with van der Waals surface area (Å²) >= 11 is 1.49. The van der Waals surface area contributed by atoms with Crippen molar-refractivity contribution >= 4 is 47.3 Å². The van der Waals surface area contributed by atoms with Gasteiger partial charge in [0.25, 0.3) is 0 Å². The standard InChI is InChI=1S/C23H33N5O8S/c1-37-10-9-14(24)20(32)26-15(7-8-18(25)29)21(33)27-16(11-13-5-3-2-4-6-13)22(34)28-17(23(35)36)12-19(30)31/h2-6,14-17H,7-12,24H2,1H3,(H2,25,29)(H,26,32)(H,27,33)(H,28,34)(H,30,31)(H,35,36). The molecule has 0 fully saturated rings. The van der Waals surface area contributed by atoms with E-state index < -0.39 is 66.2 Å². The molecule has 14 heteroatoms. The summed E-state index contributed by atoms with van der Waals surface area (Å²) in [5.74, 6) is -5.51. The lowest BCUT2D eigenvalue weighted by Gasteiger charge is -2.25. The molecule has 204 valence electrons. The maximum Gasteiger partial charge on any atom is 0.326 e. The van der Waals surface area contributed by atoms with Crippen LogP contribution < -0.4 is 27.4 Å². The zero-order chi connectivity index (χ0) is 28.0. The SMILES string of the molecule is CSCCC(N)C(=O)NC(CCC(N)=O)C(=O)NC(Cc1ccccc1)C(=O)NC(CC(=O)O)C(=O)O. The molecule has 4 atom stereocenters. The van der Waals surface area contributed by atoms with Crippen molar-refractivity contribution < 1.29 is 39.0 Å². The van der Waals surface area contributed by atoms with Crippen LogP contribution in [0.4, 0.5) is 0 Å². The van der Waals surface area contributed by atoms with Crippen LogP contribution in [0.1, 0.15) is 31.2 Å². The molecule has 1 aromatic carbocycles. The highest BCUT2D eigenvalue weighted by Gasteiger charge is 2.31. The summed E-state index contributed by atoms with van der Waals surface area (Å²) in [6.45, 7) is 0. The summed E-state index contributed by atoms with van der Waals surface area (Å²) < 4.78 is 0. The first-order valence-corrected chi connectivity index (χ1v) is 12.8. The van der Waals surface area contributed by atoms with Crippen molar-refractivity contribution in [3.05, 3.63) is 35.9 Å². The lowest BCUT2D eigenvalue weighted by Crippen LogP contribution is -2.58. The predicted octanol–water partition coefficient (Wildman–Crippen LogP) is -1.41. The van der Waals surface area contributed by atoms with Crippen molar-refractivity contribution in [1.82, 2.24) is 16.0 Å². The largest absolute Gasteiger partial charge is 0.481 e. The zero-order valence-electron chi connectivity index (χ0n) is 20.3. The van der Waals surface area contributed by atoms with E-state index in [2.05, 4.69) is 16.0 Å². The van der Waals surface area contributed by atoms with Crippen LogP contribution in [-0.2, 0) is 35.2 Å². The van der Waals surface area contributed by atoms with Crippen molar-refractivity contribution in [3.8, 4) is 0 Å². The monoisotopic (exact) mass is 539 g/mol. The van der Waals surface area contributed by atoms with Gasteiger partial charge in [-0.2, -0.15) is 11.8 Å². The average molecular weight is 540 g/mol. The number of carboxylic acids is 2. The number of carboxylic acid groups (broad SMARTS) is 2. The number of hydrogen-bond donors (Lipinski definition) is 7. The first kappa shape index (κ1) is 31.4. The molecule has 4 amide bonds.